The number of rotatable bonds is 4. The molecule has 1 aromatic heterocycles. The Hall–Kier alpha value is -0.470. The van der Waals surface area contributed by atoms with Crippen LogP contribution in [0.2, 0.25) is 0 Å². The van der Waals surface area contributed by atoms with Crippen LogP contribution in [0.3, 0.4) is 0 Å². The van der Waals surface area contributed by atoms with Gasteiger partial charge in [-0.05, 0) is 42.5 Å². The normalized spacial score (nSPS) is 20.5. The molecule has 1 fully saturated rings. The summed E-state index contributed by atoms with van der Waals surface area (Å²) < 4.78 is 6.91. The number of morpholine rings is 1. The quantitative estimate of drug-likeness (QED) is 0.817. The summed E-state index contributed by atoms with van der Waals surface area (Å²) in [5.41, 5.74) is 1.01. The van der Waals surface area contributed by atoms with Crippen molar-refractivity contribution in [3.63, 3.8) is 0 Å². The van der Waals surface area contributed by atoms with Gasteiger partial charge in [0, 0.05) is 20.1 Å². The molecule has 2 heterocycles. The highest BCUT2D eigenvalue weighted by atomic mass is 127. The average molecular weight is 376 g/mol. The highest BCUT2D eigenvalue weighted by molar-refractivity contribution is 14.1. The topological polar surface area (TPSA) is 50.3 Å². The van der Waals surface area contributed by atoms with Crippen LogP contribution in [0.15, 0.2) is 0 Å². The number of anilines is 1. The summed E-state index contributed by atoms with van der Waals surface area (Å²) in [5, 5.41) is 3.12. The molecule has 1 unspecified atom stereocenters. The van der Waals surface area contributed by atoms with Crippen LogP contribution in [0.5, 0.6) is 0 Å². The molecule has 0 radical (unpaired) electrons. The first-order valence-electron chi connectivity index (χ1n) is 6.71. The molecule has 1 atom stereocenters. The van der Waals surface area contributed by atoms with Crippen LogP contribution >= 0.6 is 22.6 Å². The highest BCUT2D eigenvalue weighted by Crippen LogP contribution is 2.24. The molecule has 6 heteroatoms. The van der Waals surface area contributed by atoms with Crippen molar-refractivity contribution >= 4 is 28.4 Å². The maximum Gasteiger partial charge on any atom is 0.161 e. The van der Waals surface area contributed by atoms with Crippen LogP contribution in [-0.4, -0.2) is 48.2 Å². The number of ether oxygens (including phenoxy) is 1. The SMILES string of the molecule is CCCN1CCOC(c2nc(C)c(I)c(NC)n2)C1. The van der Waals surface area contributed by atoms with Gasteiger partial charge >= 0.3 is 0 Å². The Labute approximate surface area is 128 Å². The molecule has 19 heavy (non-hydrogen) atoms. The minimum absolute atomic E-state index is 0.0110. The van der Waals surface area contributed by atoms with Gasteiger partial charge in [0.1, 0.15) is 11.9 Å². The second kappa shape index (κ2) is 6.81. The summed E-state index contributed by atoms with van der Waals surface area (Å²) in [7, 11) is 1.89. The van der Waals surface area contributed by atoms with E-state index in [4.69, 9.17) is 4.74 Å². The Morgan fingerprint density at radius 2 is 2.26 bits per heavy atom. The Morgan fingerprint density at radius 1 is 1.47 bits per heavy atom. The van der Waals surface area contributed by atoms with E-state index in [9.17, 15) is 0 Å². The second-order valence-electron chi connectivity index (χ2n) is 4.74. The number of nitrogens with zero attached hydrogens (tertiary/aromatic N) is 3. The van der Waals surface area contributed by atoms with Gasteiger partial charge in [-0.2, -0.15) is 0 Å². The van der Waals surface area contributed by atoms with Crippen LogP contribution in [0.25, 0.3) is 0 Å². The van der Waals surface area contributed by atoms with Crippen molar-refractivity contribution in [2.45, 2.75) is 26.4 Å². The molecule has 2 rings (SSSR count). The number of nitrogens with one attached hydrogen (secondary N) is 1. The van der Waals surface area contributed by atoms with Gasteiger partial charge in [0.05, 0.1) is 15.9 Å². The molecule has 1 saturated heterocycles. The van der Waals surface area contributed by atoms with E-state index in [1.165, 1.54) is 6.42 Å². The van der Waals surface area contributed by atoms with Crippen molar-refractivity contribution in [2.24, 2.45) is 0 Å². The fourth-order valence-electron chi connectivity index (χ4n) is 2.27. The number of hydrogen-bond acceptors (Lipinski definition) is 5. The zero-order chi connectivity index (χ0) is 13.8. The van der Waals surface area contributed by atoms with Crippen molar-refractivity contribution in [3.05, 3.63) is 15.1 Å². The van der Waals surface area contributed by atoms with Crippen molar-refractivity contribution in [1.29, 1.82) is 0 Å². The summed E-state index contributed by atoms with van der Waals surface area (Å²) in [5.74, 6) is 1.68. The summed E-state index contributed by atoms with van der Waals surface area (Å²) in [6, 6.07) is 0. The Balaban J connectivity index is 2.19. The molecule has 1 aliphatic heterocycles. The first kappa shape index (κ1) is 14.9. The molecular weight excluding hydrogens is 355 g/mol. The standard InChI is InChI=1S/C13H21IN4O/c1-4-5-18-6-7-19-10(8-18)12-16-9(2)11(14)13(15-3)17-12/h10H,4-8H2,1-3H3,(H,15,16,17). The predicted molar refractivity (Wildman–Crippen MR) is 84.5 cm³/mol. The largest absolute Gasteiger partial charge is 0.372 e. The Morgan fingerprint density at radius 3 is 2.95 bits per heavy atom. The van der Waals surface area contributed by atoms with Gasteiger partial charge in [-0.15, -0.1) is 0 Å². The maximum atomic E-state index is 5.84. The third kappa shape index (κ3) is 3.55. The molecule has 0 amide bonds. The number of hydrogen-bond donors (Lipinski definition) is 1. The van der Waals surface area contributed by atoms with Gasteiger partial charge in [-0.1, -0.05) is 6.92 Å². The van der Waals surface area contributed by atoms with Gasteiger partial charge in [-0.25, -0.2) is 9.97 Å². The van der Waals surface area contributed by atoms with Crippen LogP contribution in [0.1, 0.15) is 31.0 Å². The molecule has 0 bridgehead atoms. The van der Waals surface area contributed by atoms with Crippen LogP contribution in [0.4, 0.5) is 5.82 Å². The zero-order valence-electron chi connectivity index (χ0n) is 11.7. The molecule has 5 nitrogen and oxygen atoms in total. The highest BCUT2D eigenvalue weighted by Gasteiger charge is 2.25. The van der Waals surface area contributed by atoms with E-state index in [1.54, 1.807) is 0 Å². The molecule has 1 aromatic rings. The molecule has 0 saturated carbocycles. The molecule has 0 aromatic carbocycles. The van der Waals surface area contributed by atoms with E-state index >= 15 is 0 Å². The lowest BCUT2D eigenvalue weighted by atomic mass is 10.2. The zero-order valence-corrected chi connectivity index (χ0v) is 13.9. The summed E-state index contributed by atoms with van der Waals surface area (Å²) in [6.07, 6.45) is 1.16. The van der Waals surface area contributed by atoms with Crippen molar-refractivity contribution in [3.8, 4) is 0 Å². The van der Waals surface area contributed by atoms with E-state index in [2.05, 4.69) is 49.7 Å². The monoisotopic (exact) mass is 376 g/mol. The average Bonchev–Trinajstić information content (AvgIpc) is 2.42. The lowest BCUT2D eigenvalue weighted by Crippen LogP contribution is -2.39. The molecule has 1 N–H and O–H groups in total. The Bertz CT molecular complexity index is 439. The fraction of sp³-hybridized carbons (Fsp3) is 0.692. The van der Waals surface area contributed by atoms with Crippen LogP contribution in [-0.2, 0) is 4.74 Å². The smallest absolute Gasteiger partial charge is 0.161 e. The van der Waals surface area contributed by atoms with E-state index in [0.29, 0.717) is 0 Å². The van der Waals surface area contributed by atoms with Gasteiger partial charge < -0.3 is 10.1 Å². The van der Waals surface area contributed by atoms with Gasteiger partial charge in [0.25, 0.3) is 0 Å². The summed E-state index contributed by atoms with van der Waals surface area (Å²) >= 11 is 2.27. The van der Waals surface area contributed by atoms with Gasteiger partial charge in [-0.3, -0.25) is 4.90 Å². The van der Waals surface area contributed by atoms with Crippen LogP contribution < -0.4 is 5.32 Å². The molecule has 1 aliphatic rings. The molecular formula is C13H21IN4O. The molecule has 0 spiro atoms. The van der Waals surface area contributed by atoms with E-state index in [0.717, 1.165) is 47.1 Å². The predicted octanol–water partition coefficient (Wildman–Crippen LogP) is 2.21. The first-order chi connectivity index (χ1) is 9.15. The van der Waals surface area contributed by atoms with E-state index in [1.807, 2.05) is 14.0 Å². The van der Waals surface area contributed by atoms with Crippen molar-refractivity contribution < 1.29 is 4.74 Å². The van der Waals surface area contributed by atoms with E-state index in [-0.39, 0.29) is 6.10 Å². The number of aromatic nitrogens is 2. The Kier molecular flexibility index (Phi) is 5.35. The lowest BCUT2D eigenvalue weighted by Gasteiger charge is -2.32. The number of aryl methyl sites for hydroxylation is 1. The fourth-order valence-corrected chi connectivity index (χ4v) is 2.78. The molecule has 106 valence electrons. The van der Waals surface area contributed by atoms with Crippen molar-refractivity contribution in [2.75, 3.05) is 38.6 Å². The second-order valence-corrected chi connectivity index (χ2v) is 5.82. The van der Waals surface area contributed by atoms with Crippen molar-refractivity contribution in [1.82, 2.24) is 14.9 Å². The minimum Gasteiger partial charge on any atom is -0.372 e. The third-order valence-electron chi connectivity index (χ3n) is 3.25. The van der Waals surface area contributed by atoms with E-state index < -0.39 is 0 Å². The summed E-state index contributed by atoms with van der Waals surface area (Å²) in [4.78, 5) is 11.6. The number of halogens is 1. The van der Waals surface area contributed by atoms with Gasteiger partial charge in [0.15, 0.2) is 5.82 Å². The first-order valence-corrected chi connectivity index (χ1v) is 7.79. The van der Waals surface area contributed by atoms with Gasteiger partial charge in [0.2, 0.25) is 0 Å². The molecule has 0 aliphatic carbocycles. The minimum atomic E-state index is -0.0110. The van der Waals surface area contributed by atoms with Crippen LogP contribution in [0, 0.1) is 10.5 Å². The third-order valence-corrected chi connectivity index (χ3v) is 4.54. The maximum absolute atomic E-state index is 5.84. The lowest BCUT2D eigenvalue weighted by molar-refractivity contribution is -0.0342. The summed E-state index contributed by atoms with van der Waals surface area (Å²) in [6.45, 7) is 7.98.